The maximum atomic E-state index is 14.7. The zero-order chi connectivity index (χ0) is 84.4. The van der Waals surface area contributed by atoms with Gasteiger partial charge in [0.15, 0.2) is 17.9 Å². The van der Waals surface area contributed by atoms with Crippen LogP contribution in [0.5, 0.6) is 0 Å². The number of unbranched alkanes of at least 4 members (excludes halogenated alkanes) is 2. The van der Waals surface area contributed by atoms with Crippen molar-refractivity contribution >= 4 is 107 Å². The molecular weight excluding hydrogens is 1460 g/mol. The summed E-state index contributed by atoms with van der Waals surface area (Å²) < 4.78 is 0. The van der Waals surface area contributed by atoms with Crippen molar-refractivity contribution < 1.29 is 97.5 Å². The molecule has 0 spiro atoms. The summed E-state index contributed by atoms with van der Waals surface area (Å²) in [4.78, 5) is 217. The Bertz CT molecular complexity index is 3190. The largest absolute Gasteiger partial charge is 0.481 e. The maximum Gasteiger partial charge on any atom is 0.326 e. The maximum absolute atomic E-state index is 14.7. The summed E-state index contributed by atoms with van der Waals surface area (Å²) in [6.45, 7) is 7.79. The Kier molecular flexibility index (Phi) is 46.1. The Labute approximate surface area is 643 Å². The number of carbonyl (C=O) groups excluding carboxylic acids is 13. The van der Waals surface area contributed by atoms with Crippen LogP contribution in [0.1, 0.15) is 157 Å². The Hall–Kier alpha value is -10.4. The Morgan fingerprint density at radius 1 is 0.441 bits per heavy atom. The van der Waals surface area contributed by atoms with Gasteiger partial charge in [0.05, 0.1) is 37.7 Å². The highest BCUT2D eigenvalue weighted by atomic mass is 16.4. The second-order valence-electron chi connectivity index (χ2n) is 27.4. The third-order valence-corrected chi connectivity index (χ3v) is 17.5. The molecule has 0 radical (unpaired) electrons. The number of nitrogens with one attached hydrogen (secondary N) is 11. The number of primary amides is 1. The van der Waals surface area contributed by atoms with Crippen molar-refractivity contribution in [2.75, 3.05) is 45.9 Å². The summed E-state index contributed by atoms with van der Waals surface area (Å²) in [5.41, 5.74) is 55.6. The molecule has 0 unspecified atom stereocenters. The van der Waals surface area contributed by atoms with Crippen molar-refractivity contribution in [1.29, 1.82) is 0 Å². The second kappa shape index (κ2) is 51.9. The molecule has 1 saturated heterocycles. The first kappa shape index (κ1) is 98.6. The number of carboxylic acids is 2. The molecule has 1 fully saturated rings. The van der Waals surface area contributed by atoms with E-state index in [0.717, 1.165) is 11.8 Å². The summed E-state index contributed by atoms with van der Waals surface area (Å²) >= 11 is 0. The van der Waals surface area contributed by atoms with E-state index in [9.17, 15) is 97.5 Å². The second-order valence-corrected chi connectivity index (χ2v) is 27.4. The molecule has 13 amide bonds. The van der Waals surface area contributed by atoms with Crippen LogP contribution in [0.2, 0.25) is 0 Å². The van der Waals surface area contributed by atoms with Gasteiger partial charge < -0.3 is 146 Å². The molecule has 16 atom stereocenters. The Balaban J connectivity index is 3.74. The summed E-state index contributed by atoms with van der Waals surface area (Å²) in [7, 11) is 0. The zero-order valence-corrected chi connectivity index (χ0v) is 63.9. The van der Waals surface area contributed by atoms with Crippen LogP contribution in [0.15, 0.2) is 15.0 Å². The van der Waals surface area contributed by atoms with E-state index < -0.39 is 205 Å². The molecule has 0 aromatic rings. The van der Waals surface area contributed by atoms with Crippen molar-refractivity contribution in [2.24, 2.45) is 84.1 Å². The van der Waals surface area contributed by atoms with Crippen LogP contribution in [0.3, 0.4) is 0 Å². The number of amides is 13. The average molecular weight is 1580 g/mol. The lowest BCUT2D eigenvalue weighted by molar-refractivity contribution is -0.145. The minimum atomic E-state index is -1.85. The van der Waals surface area contributed by atoms with Gasteiger partial charge in [0.25, 0.3) is 0 Å². The van der Waals surface area contributed by atoms with Crippen LogP contribution >= 0.6 is 0 Å². The van der Waals surface area contributed by atoms with Crippen LogP contribution in [0.25, 0.3) is 0 Å². The van der Waals surface area contributed by atoms with Gasteiger partial charge in [-0.15, -0.1) is 0 Å². The number of hydrogen-bond acceptors (Lipinski definition) is 24. The number of carboxylic acid groups (broad SMARTS) is 2. The van der Waals surface area contributed by atoms with Gasteiger partial charge in [-0.2, -0.15) is 0 Å². The van der Waals surface area contributed by atoms with Crippen molar-refractivity contribution in [1.82, 2.24) is 63.4 Å². The molecule has 45 nitrogen and oxygen atoms in total. The van der Waals surface area contributed by atoms with E-state index >= 15 is 0 Å². The molecule has 1 aliphatic rings. The van der Waals surface area contributed by atoms with Gasteiger partial charge in [-0.25, -0.2) is 4.79 Å². The smallest absolute Gasteiger partial charge is 0.326 e. The first-order chi connectivity index (χ1) is 52.1. The number of aliphatic hydroxyl groups is 3. The lowest BCUT2D eigenvalue weighted by Crippen LogP contribution is -2.62. The minimum absolute atomic E-state index is 0.00533. The molecule has 0 saturated carbocycles. The summed E-state index contributed by atoms with van der Waals surface area (Å²) in [6, 6.07) is -20.7. The number of nitrogens with two attached hydrogens (primary N) is 10. The number of aliphatic imine (C=N–C) groups is 3. The number of aliphatic carboxylic acids is 2. The molecule has 1 aliphatic heterocycles. The number of aliphatic hydroxyl groups excluding tert-OH is 3. The molecule has 45 heteroatoms. The lowest BCUT2D eigenvalue weighted by Gasteiger charge is -2.32. The van der Waals surface area contributed by atoms with E-state index in [1.54, 1.807) is 27.7 Å². The van der Waals surface area contributed by atoms with E-state index in [-0.39, 0.29) is 153 Å². The Morgan fingerprint density at radius 3 is 1.19 bits per heavy atom. The minimum Gasteiger partial charge on any atom is -0.481 e. The number of guanidine groups is 3. The number of nitrogens with zero attached hydrogens (tertiary/aromatic N) is 4. The van der Waals surface area contributed by atoms with Crippen LogP contribution < -0.4 is 116 Å². The molecule has 630 valence electrons. The highest BCUT2D eigenvalue weighted by Gasteiger charge is 2.43. The van der Waals surface area contributed by atoms with Crippen molar-refractivity contribution in [3.8, 4) is 0 Å². The Morgan fingerprint density at radius 2 is 0.802 bits per heavy atom. The number of rotatable bonds is 55. The number of carbonyl (C=O) groups is 15. The first-order valence-corrected chi connectivity index (χ1v) is 36.8. The van der Waals surface area contributed by atoms with E-state index in [0.29, 0.717) is 12.8 Å². The molecule has 0 aliphatic carbocycles. The summed E-state index contributed by atoms with van der Waals surface area (Å²) in [6.07, 6.45) is -4.31. The molecular formula is C66H121N25O20. The van der Waals surface area contributed by atoms with Gasteiger partial charge in [-0.3, -0.25) is 82.1 Å². The van der Waals surface area contributed by atoms with Crippen LogP contribution in [-0.2, 0) is 71.9 Å². The predicted molar refractivity (Wildman–Crippen MR) is 403 cm³/mol. The molecule has 1 rings (SSSR count). The van der Waals surface area contributed by atoms with Gasteiger partial charge in [0.1, 0.15) is 72.5 Å². The number of likely N-dealkylation sites (tertiary alicyclic amines) is 1. The standard InChI is InChI=1S/C66H121N25O20/c1-7-33(4)48(60(107)87-44(31-92)58(105)83-38(17-9-11-23-68)55(102)89-49(34(5)93)61(108)85-42(28-32(2)3)57(104)86-43(63(110)111)30-46(70)95)88-54(101)41(20-14-26-79-66(75)76)82-52(99)37(16-8-10-22-67)81-53(100)39(18-12-24-77-64(71)72)84-59(106)45-21-15-27-91(45)62(109)50(35(6)94)90-56(103)40(19-13-25-78-65(73)74)80-51(98)36(69)29-47(96)97/h32-45,48-50,92-94H,7-31,67-69H2,1-6H3,(H2,70,95)(H,80,98)(H,81,100)(H,82,99)(H,83,105)(H,84,106)(H,85,108)(H,86,104)(H,87,107)(H,88,101)(H,89,102)(H,90,103)(H,96,97)(H,110,111)(H4,71,72,77)(H4,73,74,78)(H4,75,76,79)/t33-,34+,35+,36-,37-,38-,39-,40-,41-,42-,43-,44-,45-,48-,49-,50-/m0/s1. The molecule has 0 bridgehead atoms. The van der Waals surface area contributed by atoms with Gasteiger partial charge in [0.2, 0.25) is 76.8 Å². The first-order valence-electron chi connectivity index (χ1n) is 36.8. The molecule has 111 heavy (non-hydrogen) atoms. The van der Waals surface area contributed by atoms with Gasteiger partial charge in [0, 0.05) is 26.2 Å². The average Bonchev–Trinajstić information content (AvgIpc) is 1.74. The summed E-state index contributed by atoms with van der Waals surface area (Å²) in [5, 5.41) is 78.3. The normalized spacial score (nSPS) is 16.5. The lowest BCUT2D eigenvalue weighted by atomic mass is 9.97. The van der Waals surface area contributed by atoms with Gasteiger partial charge in [-0.05, 0) is 135 Å². The topological polar surface area (TPSA) is 790 Å². The van der Waals surface area contributed by atoms with Gasteiger partial charge in [-0.1, -0.05) is 34.1 Å². The van der Waals surface area contributed by atoms with E-state index in [1.807, 2.05) is 0 Å². The van der Waals surface area contributed by atoms with Crippen LogP contribution in [-0.4, -0.2) is 274 Å². The van der Waals surface area contributed by atoms with Crippen LogP contribution in [0.4, 0.5) is 0 Å². The van der Waals surface area contributed by atoms with Crippen molar-refractivity contribution in [3.05, 3.63) is 0 Å². The highest BCUT2D eigenvalue weighted by molar-refractivity contribution is 6.00. The van der Waals surface area contributed by atoms with Crippen molar-refractivity contribution in [3.63, 3.8) is 0 Å². The zero-order valence-electron chi connectivity index (χ0n) is 63.9. The highest BCUT2D eigenvalue weighted by Crippen LogP contribution is 2.21. The molecule has 0 aromatic heterocycles. The summed E-state index contributed by atoms with van der Waals surface area (Å²) in [5.74, 6) is -18.2. The fourth-order valence-corrected chi connectivity index (χ4v) is 11.3. The monoisotopic (exact) mass is 1580 g/mol. The predicted octanol–water partition coefficient (Wildman–Crippen LogP) is -10.7. The van der Waals surface area contributed by atoms with E-state index in [4.69, 9.17) is 57.3 Å². The van der Waals surface area contributed by atoms with E-state index in [2.05, 4.69) is 73.5 Å². The molecule has 0 aromatic carbocycles. The van der Waals surface area contributed by atoms with E-state index in [1.165, 1.54) is 6.92 Å². The SMILES string of the molecule is CC[C@H](C)[C@H](NC(=O)[C@H](CCCN=C(N)N)NC(=O)[C@H](CCCCN)NC(=O)[C@H](CCCN=C(N)N)NC(=O)[C@@H]1CCCN1C(=O)[C@@H](NC(=O)[C@H](CCCN=C(N)N)NC(=O)[C@@H](N)CC(=O)O)[C@@H](C)O)C(=O)N[C@@H](CO)C(=O)N[C@@H](CCCCN)C(=O)N[C@H](C(=O)N[C@@H](CC(C)C)C(=O)N[C@@H](CC(N)=O)C(=O)O)[C@@H](C)O. The third-order valence-electron chi connectivity index (χ3n) is 17.5. The fraction of sp³-hybridized carbons (Fsp3) is 0.727. The van der Waals surface area contributed by atoms with Crippen molar-refractivity contribution in [2.45, 2.75) is 248 Å². The number of hydrogen-bond donors (Lipinski definition) is 26. The molecule has 36 N–H and O–H groups in total. The fourth-order valence-electron chi connectivity index (χ4n) is 11.3. The van der Waals surface area contributed by atoms with Crippen LogP contribution in [0, 0.1) is 11.8 Å². The quantitative estimate of drug-likeness (QED) is 0.0153. The molecule has 1 heterocycles. The third kappa shape index (κ3) is 37.7. The van der Waals surface area contributed by atoms with Gasteiger partial charge >= 0.3 is 11.9 Å².